The van der Waals surface area contributed by atoms with Crippen LogP contribution in [0.2, 0.25) is 5.15 Å². The molecular formula is C13H15ClF2N4. The topological polar surface area (TPSA) is 43.1 Å². The van der Waals surface area contributed by atoms with Crippen molar-refractivity contribution in [1.82, 2.24) is 19.6 Å². The van der Waals surface area contributed by atoms with Crippen LogP contribution in [0, 0.1) is 5.41 Å². The molecule has 2 aromatic heterocycles. The van der Waals surface area contributed by atoms with Crippen molar-refractivity contribution >= 4 is 17.2 Å². The highest BCUT2D eigenvalue weighted by Gasteiger charge is 2.46. The van der Waals surface area contributed by atoms with Crippen molar-refractivity contribution in [2.24, 2.45) is 5.41 Å². The molecule has 20 heavy (non-hydrogen) atoms. The van der Waals surface area contributed by atoms with Crippen molar-refractivity contribution in [2.75, 3.05) is 0 Å². The number of nitrogens with zero attached hydrogens (tertiary/aromatic N) is 4. The molecule has 2 aromatic rings. The molecule has 3 rings (SSSR count). The smallest absolute Gasteiger partial charge is 0.249 e. The minimum absolute atomic E-state index is 0.0877. The molecule has 0 saturated heterocycles. The highest BCUT2D eigenvalue weighted by molar-refractivity contribution is 6.32. The largest absolute Gasteiger partial charge is 0.282 e. The van der Waals surface area contributed by atoms with E-state index in [1.54, 1.807) is 10.6 Å². The van der Waals surface area contributed by atoms with Gasteiger partial charge in [-0.1, -0.05) is 25.4 Å². The first-order chi connectivity index (χ1) is 9.27. The standard InChI is InChI=1S/C13H15ClF2N4/c1-12(2)5-8(6-13(15,16)7-12)10-18-19-11-9(14)17-3-4-20(10)11/h3-4,8H,5-7H2,1-2H3. The van der Waals surface area contributed by atoms with E-state index in [1.165, 1.54) is 6.20 Å². The Morgan fingerprint density at radius 3 is 2.75 bits per heavy atom. The average Bonchev–Trinajstić information content (AvgIpc) is 2.69. The lowest BCUT2D eigenvalue weighted by molar-refractivity contribution is -0.0818. The van der Waals surface area contributed by atoms with Crippen LogP contribution in [-0.2, 0) is 0 Å². The lowest BCUT2D eigenvalue weighted by Gasteiger charge is -2.39. The molecule has 1 atom stereocenters. The first kappa shape index (κ1) is 13.7. The maximum atomic E-state index is 13.9. The van der Waals surface area contributed by atoms with Gasteiger partial charge in [-0.3, -0.25) is 4.40 Å². The Hall–Kier alpha value is -1.30. The monoisotopic (exact) mass is 300 g/mol. The van der Waals surface area contributed by atoms with Crippen LogP contribution in [0.25, 0.3) is 5.65 Å². The van der Waals surface area contributed by atoms with Crippen molar-refractivity contribution in [1.29, 1.82) is 0 Å². The Morgan fingerprint density at radius 2 is 2.05 bits per heavy atom. The molecule has 0 spiro atoms. The molecule has 4 nitrogen and oxygen atoms in total. The van der Waals surface area contributed by atoms with Crippen molar-refractivity contribution in [2.45, 2.75) is 45.0 Å². The van der Waals surface area contributed by atoms with Crippen LogP contribution in [0.3, 0.4) is 0 Å². The summed E-state index contributed by atoms with van der Waals surface area (Å²) < 4.78 is 29.5. The fraction of sp³-hybridized carbons (Fsp3) is 0.615. The summed E-state index contributed by atoms with van der Waals surface area (Å²) in [6.45, 7) is 3.73. The molecule has 1 aliphatic carbocycles. The van der Waals surface area contributed by atoms with Gasteiger partial charge in [-0.15, -0.1) is 10.2 Å². The van der Waals surface area contributed by atoms with Crippen molar-refractivity contribution < 1.29 is 8.78 Å². The molecule has 1 unspecified atom stereocenters. The summed E-state index contributed by atoms with van der Waals surface area (Å²) in [7, 11) is 0. The molecule has 1 aliphatic rings. The van der Waals surface area contributed by atoms with E-state index in [4.69, 9.17) is 11.6 Å². The van der Waals surface area contributed by atoms with E-state index in [-0.39, 0.29) is 23.9 Å². The zero-order valence-electron chi connectivity index (χ0n) is 11.3. The Bertz CT molecular complexity index is 637. The maximum absolute atomic E-state index is 13.9. The van der Waals surface area contributed by atoms with Gasteiger partial charge in [-0.05, 0) is 11.8 Å². The molecule has 108 valence electrons. The minimum Gasteiger partial charge on any atom is -0.282 e. The quantitative estimate of drug-likeness (QED) is 0.806. The van der Waals surface area contributed by atoms with Crippen LogP contribution in [0.1, 0.15) is 44.9 Å². The first-order valence-electron chi connectivity index (χ1n) is 6.50. The van der Waals surface area contributed by atoms with Gasteiger partial charge in [0.25, 0.3) is 0 Å². The first-order valence-corrected chi connectivity index (χ1v) is 6.88. The third kappa shape index (κ3) is 2.37. The number of aromatic nitrogens is 4. The number of alkyl halides is 2. The van der Waals surface area contributed by atoms with Gasteiger partial charge in [-0.25, -0.2) is 13.8 Å². The van der Waals surface area contributed by atoms with Gasteiger partial charge in [0.15, 0.2) is 10.8 Å². The molecule has 1 saturated carbocycles. The van der Waals surface area contributed by atoms with Gasteiger partial charge >= 0.3 is 0 Å². The van der Waals surface area contributed by atoms with E-state index < -0.39 is 11.3 Å². The third-order valence-corrected chi connectivity index (χ3v) is 4.02. The number of hydrogen-bond acceptors (Lipinski definition) is 3. The lowest BCUT2D eigenvalue weighted by atomic mass is 9.70. The summed E-state index contributed by atoms with van der Waals surface area (Å²) in [4.78, 5) is 3.92. The zero-order valence-corrected chi connectivity index (χ0v) is 12.0. The SMILES string of the molecule is CC1(C)CC(c2nnc3c(Cl)nccn23)CC(F)(F)C1. The zero-order chi connectivity index (χ0) is 14.5. The van der Waals surface area contributed by atoms with Crippen molar-refractivity contribution in [3.63, 3.8) is 0 Å². The molecule has 7 heteroatoms. The highest BCUT2D eigenvalue weighted by atomic mass is 35.5. The van der Waals surface area contributed by atoms with E-state index >= 15 is 0 Å². The van der Waals surface area contributed by atoms with Gasteiger partial charge in [-0.2, -0.15) is 0 Å². The van der Waals surface area contributed by atoms with Crippen molar-refractivity contribution in [3.8, 4) is 0 Å². The molecule has 0 aromatic carbocycles. The highest BCUT2D eigenvalue weighted by Crippen LogP contribution is 2.49. The molecule has 0 bridgehead atoms. The maximum Gasteiger partial charge on any atom is 0.249 e. The number of rotatable bonds is 1. The van der Waals surface area contributed by atoms with E-state index in [2.05, 4.69) is 15.2 Å². The second kappa shape index (κ2) is 4.35. The number of hydrogen-bond donors (Lipinski definition) is 0. The van der Waals surface area contributed by atoms with Crippen molar-refractivity contribution in [3.05, 3.63) is 23.4 Å². The molecular weight excluding hydrogens is 286 g/mol. The Labute approximate surface area is 120 Å². The molecule has 1 fully saturated rings. The van der Waals surface area contributed by atoms with Crippen LogP contribution in [0.5, 0.6) is 0 Å². The van der Waals surface area contributed by atoms with E-state index in [1.807, 2.05) is 13.8 Å². The summed E-state index contributed by atoms with van der Waals surface area (Å²) in [6, 6.07) is 0. The minimum atomic E-state index is -2.67. The van der Waals surface area contributed by atoms with E-state index in [0.717, 1.165) is 0 Å². The van der Waals surface area contributed by atoms with Crippen LogP contribution in [0.4, 0.5) is 8.78 Å². The molecule has 0 N–H and O–H groups in total. The third-order valence-electron chi connectivity index (χ3n) is 3.76. The Kier molecular flexibility index (Phi) is 2.97. The van der Waals surface area contributed by atoms with Gasteiger partial charge in [0.1, 0.15) is 5.82 Å². The molecule has 0 amide bonds. The van der Waals surface area contributed by atoms with Gasteiger partial charge in [0.2, 0.25) is 5.92 Å². The second-order valence-corrected chi connectivity index (χ2v) is 6.63. The van der Waals surface area contributed by atoms with Crippen LogP contribution in [0.15, 0.2) is 12.4 Å². The molecule has 0 aliphatic heterocycles. The second-order valence-electron chi connectivity index (χ2n) is 6.27. The molecule has 0 radical (unpaired) electrons. The predicted octanol–water partition coefficient (Wildman–Crippen LogP) is 3.71. The Balaban J connectivity index is 2.05. The van der Waals surface area contributed by atoms with E-state index in [0.29, 0.717) is 17.9 Å². The van der Waals surface area contributed by atoms with Gasteiger partial charge in [0, 0.05) is 31.2 Å². The summed E-state index contributed by atoms with van der Waals surface area (Å²) in [5, 5.41) is 8.26. The number of fused-ring (bicyclic) bond motifs is 1. The van der Waals surface area contributed by atoms with Crippen LogP contribution in [-0.4, -0.2) is 25.5 Å². The number of halogens is 3. The normalized spacial score (nSPS) is 24.9. The lowest BCUT2D eigenvalue weighted by Crippen LogP contribution is -2.36. The Morgan fingerprint density at radius 1 is 1.30 bits per heavy atom. The predicted molar refractivity (Wildman–Crippen MR) is 71.1 cm³/mol. The van der Waals surface area contributed by atoms with Crippen LogP contribution < -0.4 is 0 Å². The fourth-order valence-corrected chi connectivity index (χ4v) is 3.40. The van der Waals surface area contributed by atoms with Crippen LogP contribution >= 0.6 is 11.6 Å². The summed E-state index contributed by atoms with van der Waals surface area (Å²) in [6.07, 6.45) is 3.56. The summed E-state index contributed by atoms with van der Waals surface area (Å²) >= 11 is 5.94. The summed E-state index contributed by atoms with van der Waals surface area (Å²) in [5.41, 5.74) is -0.00872. The summed E-state index contributed by atoms with van der Waals surface area (Å²) in [5.74, 6) is -2.46. The average molecular weight is 301 g/mol. The van der Waals surface area contributed by atoms with Gasteiger partial charge < -0.3 is 0 Å². The fourth-order valence-electron chi connectivity index (χ4n) is 3.22. The van der Waals surface area contributed by atoms with E-state index in [9.17, 15) is 8.78 Å². The molecule has 2 heterocycles. The van der Waals surface area contributed by atoms with Gasteiger partial charge in [0.05, 0.1) is 0 Å².